The topological polar surface area (TPSA) is 84.2 Å². The van der Waals surface area contributed by atoms with Crippen molar-refractivity contribution in [3.05, 3.63) is 54.6 Å². The van der Waals surface area contributed by atoms with Crippen LogP contribution >= 0.6 is 0 Å². The van der Waals surface area contributed by atoms with Gasteiger partial charge >= 0.3 is 0 Å². The van der Waals surface area contributed by atoms with Crippen LogP contribution in [-0.2, 0) is 11.2 Å². The Hall–Kier alpha value is -3.22. The number of pyridine rings is 1. The maximum absolute atomic E-state index is 12.3. The number of hydrogen-bond donors (Lipinski definition) is 1. The van der Waals surface area contributed by atoms with Crippen LogP contribution in [0.25, 0.3) is 11.6 Å². The molecule has 1 amide bonds. The lowest BCUT2D eigenvalue weighted by Crippen LogP contribution is -2.32. The Balaban J connectivity index is 1.27. The van der Waals surface area contributed by atoms with E-state index in [2.05, 4.69) is 44.5 Å². The summed E-state index contributed by atoms with van der Waals surface area (Å²) in [4.78, 5) is 18.8. The minimum absolute atomic E-state index is 0.0814. The molecule has 0 aliphatic carbocycles. The van der Waals surface area contributed by atoms with Crippen molar-refractivity contribution in [3.8, 4) is 11.6 Å². The second-order valence-electron chi connectivity index (χ2n) is 7.48. The van der Waals surface area contributed by atoms with Crippen LogP contribution in [0.3, 0.4) is 0 Å². The lowest BCUT2D eigenvalue weighted by molar-refractivity contribution is -0.116. The van der Waals surface area contributed by atoms with Crippen LogP contribution < -0.4 is 10.2 Å². The number of amides is 1. The third kappa shape index (κ3) is 4.99. The van der Waals surface area contributed by atoms with E-state index in [-0.39, 0.29) is 12.3 Å². The predicted octanol–water partition coefficient (Wildman–Crippen LogP) is 3.94. The Morgan fingerprint density at radius 1 is 1.14 bits per heavy atom. The largest absolute Gasteiger partial charge is 0.419 e. The van der Waals surface area contributed by atoms with Crippen LogP contribution in [0.5, 0.6) is 0 Å². The number of carbonyl (C=O) groups excluding carboxylic acids is 1. The van der Waals surface area contributed by atoms with Gasteiger partial charge in [-0.05, 0) is 55.2 Å². The van der Waals surface area contributed by atoms with Crippen LogP contribution in [0.2, 0.25) is 0 Å². The molecule has 0 radical (unpaired) electrons. The number of rotatable bonds is 6. The fraction of sp³-hybridized carbons (Fsp3) is 0.364. The molecule has 29 heavy (non-hydrogen) atoms. The molecule has 150 valence electrons. The maximum atomic E-state index is 12.3. The Labute approximate surface area is 170 Å². The summed E-state index contributed by atoms with van der Waals surface area (Å²) in [5, 5.41) is 10.9. The molecular weight excluding hydrogens is 366 g/mol. The highest BCUT2D eigenvalue weighted by Crippen LogP contribution is 2.24. The first kappa shape index (κ1) is 19.1. The van der Waals surface area contributed by atoms with Crippen molar-refractivity contribution >= 4 is 17.3 Å². The zero-order chi connectivity index (χ0) is 20.1. The van der Waals surface area contributed by atoms with Crippen molar-refractivity contribution in [2.45, 2.75) is 32.6 Å². The number of aromatic nitrogens is 3. The highest BCUT2D eigenvalue weighted by Gasteiger charge is 2.16. The van der Waals surface area contributed by atoms with Gasteiger partial charge in [0, 0.05) is 43.5 Å². The van der Waals surface area contributed by atoms with Gasteiger partial charge < -0.3 is 14.6 Å². The van der Waals surface area contributed by atoms with Crippen LogP contribution in [0, 0.1) is 5.92 Å². The van der Waals surface area contributed by atoms with E-state index < -0.39 is 0 Å². The van der Waals surface area contributed by atoms with Gasteiger partial charge in [-0.25, -0.2) is 0 Å². The Bertz CT molecular complexity index is 931. The zero-order valence-corrected chi connectivity index (χ0v) is 16.5. The molecule has 0 saturated carbocycles. The van der Waals surface area contributed by atoms with E-state index in [0.717, 1.165) is 24.7 Å². The molecule has 1 aromatic carbocycles. The fourth-order valence-electron chi connectivity index (χ4n) is 3.41. The first-order chi connectivity index (χ1) is 14.2. The maximum Gasteiger partial charge on any atom is 0.266 e. The molecule has 3 aromatic rings. The lowest BCUT2D eigenvalue weighted by Gasteiger charge is -2.32. The quantitative estimate of drug-likeness (QED) is 0.685. The van der Waals surface area contributed by atoms with Crippen molar-refractivity contribution < 1.29 is 9.21 Å². The molecule has 1 N–H and O–H groups in total. The van der Waals surface area contributed by atoms with Gasteiger partial charge in [-0.15, -0.1) is 10.2 Å². The van der Waals surface area contributed by atoms with Crippen LogP contribution in [0.15, 0.2) is 53.1 Å². The molecule has 0 atom stereocenters. The first-order valence-electron chi connectivity index (χ1n) is 10.1. The highest BCUT2D eigenvalue weighted by atomic mass is 16.4. The molecule has 4 rings (SSSR count). The number of nitrogens with one attached hydrogen (secondary N) is 1. The number of nitrogens with zero attached hydrogens (tertiary/aromatic N) is 4. The van der Waals surface area contributed by atoms with Crippen LogP contribution in [0.1, 0.15) is 32.1 Å². The molecular formula is C22H25N5O2. The van der Waals surface area contributed by atoms with Gasteiger partial charge in [0.1, 0.15) is 5.69 Å². The molecule has 2 aromatic heterocycles. The standard InChI is InChI=1S/C22H25N5O2/c1-16-11-14-27(15-12-16)18-7-5-17(6-8-18)24-20(28)9-10-21-25-26-22(29-21)19-4-2-3-13-23-19/h2-8,13,16H,9-12,14-15H2,1H3,(H,24,28). The van der Waals surface area contributed by atoms with E-state index in [4.69, 9.17) is 4.42 Å². The van der Waals surface area contributed by atoms with Crippen LogP contribution in [-0.4, -0.2) is 34.2 Å². The monoisotopic (exact) mass is 391 g/mol. The molecule has 0 spiro atoms. The second-order valence-corrected chi connectivity index (χ2v) is 7.48. The smallest absolute Gasteiger partial charge is 0.266 e. The van der Waals surface area contributed by atoms with E-state index in [9.17, 15) is 4.79 Å². The second kappa shape index (κ2) is 8.86. The van der Waals surface area contributed by atoms with Gasteiger partial charge in [0.15, 0.2) is 0 Å². The molecule has 0 bridgehead atoms. The molecule has 7 heteroatoms. The van der Waals surface area contributed by atoms with Gasteiger partial charge in [0.05, 0.1) is 0 Å². The van der Waals surface area contributed by atoms with E-state index in [0.29, 0.717) is 23.9 Å². The molecule has 0 unspecified atom stereocenters. The summed E-state index contributed by atoms with van der Waals surface area (Å²) in [7, 11) is 0. The summed E-state index contributed by atoms with van der Waals surface area (Å²) in [6, 6.07) is 13.5. The fourth-order valence-corrected chi connectivity index (χ4v) is 3.41. The summed E-state index contributed by atoms with van der Waals surface area (Å²) >= 11 is 0. The number of aryl methyl sites for hydroxylation is 1. The Morgan fingerprint density at radius 3 is 2.66 bits per heavy atom. The van der Waals surface area contributed by atoms with Gasteiger partial charge in [-0.2, -0.15) is 0 Å². The van der Waals surface area contributed by atoms with Crippen LogP contribution in [0.4, 0.5) is 11.4 Å². The van der Waals surface area contributed by atoms with E-state index in [1.807, 2.05) is 24.3 Å². The van der Waals surface area contributed by atoms with Crippen molar-refractivity contribution in [1.82, 2.24) is 15.2 Å². The predicted molar refractivity (Wildman–Crippen MR) is 112 cm³/mol. The van der Waals surface area contributed by atoms with Crippen molar-refractivity contribution in [2.75, 3.05) is 23.3 Å². The summed E-state index contributed by atoms with van der Waals surface area (Å²) in [5.41, 5.74) is 2.63. The molecule has 1 saturated heterocycles. The normalized spacial score (nSPS) is 14.7. The number of hydrogen-bond acceptors (Lipinski definition) is 6. The summed E-state index contributed by atoms with van der Waals surface area (Å²) in [6.07, 6.45) is 4.79. The summed E-state index contributed by atoms with van der Waals surface area (Å²) in [5.74, 6) is 1.52. The summed E-state index contributed by atoms with van der Waals surface area (Å²) in [6.45, 7) is 4.50. The third-order valence-electron chi connectivity index (χ3n) is 5.22. The minimum Gasteiger partial charge on any atom is -0.419 e. The van der Waals surface area contributed by atoms with Gasteiger partial charge in [-0.1, -0.05) is 13.0 Å². The molecule has 1 aliphatic heterocycles. The lowest BCUT2D eigenvalue weighted by atomic mass is 9.99. The average Bonchev–Trinajstić information content (AvgIpc) is 3.23. The minimum atomic E-state index is -0.0814. The van der Waals surface area contributed by atoms with E-state index >= 15 is 0 Å². The van der Waals surface area contributed by atoms with Crippen molar-refractivity contribution in [2.24, 2.45) is 5.92 Å². The highest BCUT2D eigenvalue weighted by molar-refractivity contribution is 5.90. The molecule has 7 nitrogen and oxygen atoms in total. The average molecular weight is 391 g/mol. The number of carbonyl (C=O) groups is 1. The number of piperidine rings is 1. The number of benzene rings is 1. The van der Waals surface area contributed by atoms with Crippen molar-refractivity contribution in [3.63, 3.8) is 0 Å². The van der Waals surface area contributed by atoms with Crippen molar-refractivity contribution in [1.29, 1.82) is 0 Å². The Morgan fingerprint density at radius 2 is 1.93 bits per heavy atom. The molecule has 1 aliphatic rings. The van der Waals surface area contributed by atoms with E-state index in [1.165, 1.54) is 18.5 Å². The third-order valence-corrected chi connectivity index (χ3v) is 5.22. The van der Waals surface area contributed by atoms with Gasteiger partial charge in [-0.3, -0.25) is 9.78 Å². The molecule has 3 heterocycles. The van der Waals surface area contributed by atoms with E-state index in [1.54, 1.807) is 12.3 Å². The zero-order valence-electron chi connectivity index (χ0n) is 16.5. The SMILES string of the molecule is CC1CCN(c2ccc(NC(=O)CCc3nnc(-c4ccccn4)o3)cc2)CC1. The van der Waals surface area contributed by atoms with Gasteiger partial charge in [0.2, 0.25) is 11.8 Å². The van der Waals surface area contributed by atoms with Gasteiger partial charge in [0.25, 0.3) is 5.89 Å². The number of anilines is 2. The first-order valence-corrected chi connectivity index (χ1v) is 10.1. The molecule has 1 fully saturated rings. The Kier molecular flexibility index (Phi) is 5.84. The summed E-state index contributed by atoms with van der Waals surface area (Å²) < 4.78 is 5.59.